The molecule has 0 aliphatic rings. The smallest absolute Gasteiger partial charge is 0.175 e. The van der Waals surface area contributed by atoms with Gasteiger partial charge in [-0.3, -0.25) is 0 Å². The van der Waals surface area contributed by atoms with E-state index in [9.17, 15) is 8.42 Å². The number of nitrogens with one attached hydrogen (secondary N) is 1. The normalized spacial score (nSPS) is 12.6. The van der Waals surface area contributed by atoms with E-state index in [-0.39, 0.29) is 10.9 Å². The summed E-state index contributed by atoms with van der Waals surface area (Å²) in [4.78, 5) is 9.30. The van der Waals surface area contributed by atoms with Crippen molar-refractivity contribution in [1.29, 1.82) is 0 Å². The summed E-state index contributed by atoms with van der Waals surface area (Å²) in [6, 6.07) is 10.3. The Morgan fingerprint density at radius 1 is 1.04 bits per heavy atom. The Kier molecular flexibility index (Phi) is 5.42. The highest BCUT2D eigenvalue weighted by atomic mass is 32.2. The molecule has 28 heavy (non-hydrogen) atoms. The largest absolute Gasteiger partial charge is 0.493 e. The molecule has 7 nitrogen and oxygen atoms in total. The maximum absolute atomic E-state index is 11.8. The van der Waals surface area contributed by atoms with Crippen LogP contribution in [0.25, 0.3) is 10.9 Å². The zero-order valence-electron chi connectivity index (χ0n) is 16.5. The standard InChI is InChI=1S/C20H23N3O4S/c1-12(14-7-6-8-15(9-14)28(5,24)25)21-20-16-10-18(26-3)19(27-4)11-17(16)22-13(2)23-20/h6-12H,1-5H3,(H,21,22,23). The van der Waals surface area contributed by atoms with Gasteiger partial charge in [0.05, 0.1) is 30.7 Å². The van der Waals surface area contributed by atoms with Crippen molar-refractivity contribution in [1.82, 2.24) is 9.97 Å². The molecular formula is C20H23N3O4S. The Morgan fingerprint density at radius 2 is 1.71 bits per heavy atom. The predicted octanol–water partition coefficient (Wildman–Crippen LogP) is 3.53. The van der Waals surface area contributed by atoms with E-state index < -0.39 is 9.84 Å². The van der Waals surface area contributed by atoms with Crippen molar-refractivity contribution in [3.05, 3.63) is 47.8 Å². The van der Waals surface area contributed by atoms with Crippen LogP contribution in [0.5, 0.6) is 11.5 Å². The summed E-state index contributed by atoms with van der Waals surface area (Å²) in [6.07, 6.45) is 1.20. The number of hydrogen-bond acceptors (Lipinski definition) is 7. The molecule has 3 rings (SSSR count). The summed E-state index contributed by atoms with van der Waals surface area (Å²) in [7, 11) is -0.122. The van der Waals surface area contributed by atoms with Gasteiger partial charge in [-0.05, 0) is 37.6 Å². The van der Waals surface area contributed by atoms with Crippen molar-refractivity contribution in [2.45, 2.75) is 24.8 Å². The van der Waals surface area contributed by atoms with Crippen molar-refractivity contribution >= 4 is 26.6 Å². The molecule has 0 saturated carbocycles. The van der Waals surface area contributed by atoms with E-state index in [1.807, 2.05) is 32.0 Å². The molecule has 0 aliphatic carbocycles. The molecule has 1 N–H and O–H groups in total. The van der Waals surface area contributed by atoms with Crippen LogP contribution in [-0.4, -0.2) is 38.9 Å². The number of fused-ring (bicyclic) bond motifs is 1. The maximum atomic E-state index is 11.8. The first-order valence-electron chi connectivity index (χ1n) is 8.70. The fourth-order valence-corrected chi connectivity index (χ4v) is 3.66. The number of sulfone groups is 1. The molecular weight excluding hydrogens is 378 g/mol. The van der Waals surface area contributed by atoms with Gasteiger partial charge in [0.2, 0.25) is 0 Å². The van der Waals surface area contributed by atoms with Gasteiger partial charge in [0, 0.05) is 17.7 Å². The summed E-state index contributed by atoms with van der Waals surface area (Å²) in [5.41, 5.74) is 1.57. The van der Waals surface area contributed by atoms with Crippen LogP contribution in [0.2, 0.25) is 0 Å². The molecule has 0 spiro atoms. The van der Waals surface area contributed by atoms with Crippen molar-refractivity contribution < 1.29 is 17.9 Å². The average molecular weight is 401 g/mol. The van der Waals surface area contributed by atoms with Crippen molar-refractivity contribution in [3.8, 4) is 11.5 Å². The van der Waals surface area contributed by atoms with E-state index in [2.05, 4.69) is 15.3 Å². The fourth-order valence-electron chi connectivity index (χ4n) is 2.98. The highest BCUT2D eigenvalue weighted by Crippen LogP contribution is 2.35. The number of anilines is 1. The predicted molar refractivity (Wildman–Crippen MR) is 109 cm³/mol. The Hall–Kier alpha value is -2.87. The molecule has 2 aromatic carbocycles. The Morgan fingerprint density at radius 3 is 2.36 bits per heavy atom. The molecule has 1 heterocycles. The summed E-state index contributed by atoms with van der Waals surface area (Å²) < 4.78 is 34.5. The maximum Gasteiger partial charge on any atom is 0.175 e. The van der Waals surface area contributed by atoms with Gasteiger partial charge in [0.15, 0.2) is 21.3 Å². The molecule has 0 radical (unpaired) electrons. The molecule has 0 fully saturated rings. The molecule has 0 bridgehead atoms. The van der Waals surface area contributed by atoms with E-state index in [0.29, 0.717) is 23.1 Å². The van der Waals surface area contributed by atoms with Gasteiger partial charge >= 0.3 is 0 Å². The first kappa shape index (κ1) is 19.9. The van der Waals surface area contributed by atoms with E-state index in [1.54, 1.807) is 32.4 Å². The Labute approximate surface area is 164 Å². The average Bonchev–Trinajstić information content (AvgIpc) is 2.66. The SMILES string of the molecule is COc1cc2nc(C)nc(NC(C)c3cccc(S(C)(=O)=O)c3)c2cc1OC. The second-order valence-corrected chi connectivity index (χ2v) is 8.57. The highest BCUT2D eigenvalue weighted by Gasteiger charge is 2.16. The zero-order valence-corrected chi connectivity index (χ0v) is 17.3. The van der Waals surface area contributed by atoms with Crippen LogP contribution in [0.1, 0.15) is 24.4 Å². The molecule has 1 aromatic heterocycles. The third-order valence-corrected chi connectivity index (χ3v) is 5.56. The first-order chi connectivity index (χ1) is 13.2. The molecule has 3 aromatic rings. The molecule has 0 saturated heterocycles. The van der Waals surface area contributed by atoms with Gasteiger partial charge < -0.3 is 14.8 Å². The van der Waals surface area contributed by atoms with Gasteiger partial charge in [-0.2, -0.15) is 0 Å². The summed E-state index contributed by atoms with van der Waals surface area (Å²) in [6.45, 7) is 3.77. The minimum absolute atomic E-state index is 0.174. The monoisotopic (exact) mass is 401 g/mol. The van der Waals surface area contributed by atoms with Gasteiger partial charge in [-0.1, -0.05) is 12.1 Å². The molecule has 0 amide bonds. The number of hydrogen-bond donors (Lipinski definition) is 1. The van der Waals surface area contributed by atoms with Crippen LogP contribution in [0.4, 0.5) is 5.82 Å². The van der Waals surface area contributed by atoms with Crippen molar-refractivity contribution in [2.75, 3.05) is 25.8 Å². The quantitative estimate of drug-likeness (QED) is 0.676. The van der Waals surface area contributed by atoms with E-state index in [4.69, 9.17) is 9.47 Å². The van der Waals surface area contributed by atoms with E-state index in [1.165, 1.54) is 6.26 Å². The van der Waals surface area contributed by atoms with Gasteiger partial charge in [0.1, 0.15) is 11.6 Å². The minimum Gasteiger partial charge on any atom is -0.493 e. The van der Waals surface area contributed by atoms with Crippen LogP contribution in [0.15, 0.2) is 41.3 Å². The molecule has 1 atom stereocenters. The number of rotatable bonds is 6. The topological polar surface area (TPSA) is 90.4 Å². The number of aromatic nitrogens is 2. The molecule has 0 aliphatic heterocycles. The molecule has 8 heteroatoms. The summed E-state index contributed by atoms with van der Waals surface area (Å²) in [5.74, 6) is 2.42. The second kappa shape index (κ2) is 7.63. The third kappa shape index (κ3) is 4.01. The Bertz CT molecular complexity index is 1130. The number of benzene rings is 2. The molecule has 148 valence electrons. The van der Waals surface area contributed by atoms with Crippen LogP contribution >= 0.6 is 0 Å². The van der Waals surface area contributed by atoms with Gasteiger partial charge in [-0.25, -0.2) is 18.4 Å². The van der Waals surface area contributed by atoms with Crippen LogP contribution in [0.3, 0.4) is 0 Å². The first-order valence-corrected chi connectivity index (χ1v) is 10.6. The number of nitrogens with zero attached hydrogens (tertiary/aromatic N) is 2. The Balaban J connectivity index is 2.04. The van der Waals surface area contributed by atoms with E-state index in [0.717, 1.165) is 16.5 Å². The van der Waals surface area contributed by atoms with Crippen molar-refractivity contribution in [2.24, 2.45) is 0 Å². The zero-order chi connectivity index (χ0) is 20.5. The van der Waals surface area contributed by atoms with Crippen molar-refractivity contribution in [3.63, 3.8) is 0 Å². The highest BCUT2D eigenvalue weighted by molar-refractivity contribution is 7.90. The number of aryl methyl sites for hydroxylation is 1. The van der Waals surface area contributed by atoms with Crippen LogP contribution in [-0.2, 0) is 9.84 Å². The molecule has 1 unspecified atom stereocenters. The van der Waals surface area contributed by atoms with Gasteiger partial charge in [-0.15, -0.1) is 0 Å². The lowest BCUT2D eigenvalue weighted by Gasteiger charge is -2.18. The lowest BCUT2D eigenvalue weighted by molar-refractivity contribution is 0.356. The second-order valence-electron chi connectivity index (χ2n) is 6.55. The van der Waals surface area contributed by atoms with Crippen LogP contribution in [0, 0.1) is 6.92 Å². The van der Waals surface area contributed by atoms with E-state index >= 15 is 0 Å². The fraction of sp³-hybridized carbons (Fsp3) is 0.300. The van der Waals surface area contributed by atoms with Gasteiger partial charge in [0.25, 0.3) is 0 Å². The number of methoxy groups -OCH3 is 2. The van der Waals surface area contributed by atoms with Crippen LogP contribution < -0.4 is 14.8 Å². The summed E-state index contributed by atoms with van der Waals surface area (Å²) >= 11 is 0. The lowest BCUT2D eigenvalue weighted by Crippen LogP contribution is -2.10. The third-order valence-electron chi connectivity index (χ3n) is 4.45. The lowest BCUT2D eigenvalue weighted by atomic mass is 10.1. The minimum atomic E-state index is -3.27. The number of ether oxygens (including phenoxy) is 2. The summed E-state index contributed by atoms with van der Waals surface area (Å²) in [5, 5.41) is 4.15.